The molecule has 1 aliphatic carbocycles. The van der Waals surface area contributed by atoms with Gasteiger partial charge in [0.05, 0.1) is 6.61 Å². The maximum atomic E-state index is 6.42. The molecular weight excluding hydrogens is 228 g/mol. The molecule has 0 saturated heterocycles. The standard InChI is InChI=1S/C14H30N2O2/c1-14(2)7-6-12(13(14)15)16(9-11-18-4)8-5-10-17-3/h12-13H,5-11,15H2,1-4H3. The van der Waals surface area contributed by atoms with Crippen molar-refractivity contribution in [3.63, 3.8) is 0 Å². The van der Waals surface area contributed by atoms with Crippen LogP contribution < -0.4 is 5.73 Å². The lowest BCUT2D eigenvalue weighted by atomic mass is 9.87. The molecule has 0 aromatic carbocycles. The lowest BCUT2D eigenvalue weighted by Crippen LogP contribution is -2.50. The van der Waals surface area contributed by atoms with Crippen molar-refractivity contribution < 1.29 is 9.47 Å². The van der Waals surface area contributed by atoms with Crippen molar-refractivity contribution in [2.75, 3.05) is 40.5 Å². The number of nitrogens with two attached hydrogens (primary N) is 1. The molecule has 108 valence electrons. The summed E-state index contributed by atoms with van der Waals surface area (Å²) in [6.07, 6.45) is 3.47. The van der Waals surface area contributed by atoms with Crippen molar-refractivity contribution in [2.45, 2.75) is 45.2 Å². The van der Waals surface area contributed by atoms with E-state index >= 15 is 0 Å². The van der Waals surface area contributed by atoms with Gasteiger partial charge in [-0.3, -0.25) is 4.90 Å². The number of nitrogens with zero attached hydrogens (tertiary/aromatic N) is 1. The quantitative estimate of drug-likeness (QED) is 0.670. The maximum absolute atomic E-state index is 6.42. The molecular formula is C14H30N2O2. The fraction of sp³-hybridized carbons (Fsp3) is 1.00. The van der Waals surface area contributed by atoms with Crippen LogP contribution in [0.5, 0.6) is 0 Å². The molecule has 18 heavy (non-hydrogen) atoms. The van der Waals surface area contributed by atoms with Crippen molar-refractivity contribution >= 4 is 0 Å². The Morgan fingerprint density at radius 3 is 2.33 bits per heavy atom. The Hall–Kier alpha value is -0.160. The lowest BCUT2D eigenvalue weighted by molar-refractivity contribution is 0.0958. The molecule has 0 aliphatic heterocycles. The number of methoxy groups -OCH3 is 2. The second-order valence-corrected chi connectivity index (χ2v) is 6.00. The summed E-state index contributed by atoms with van der Waals surface area (Å²) in [6, 6.07) is 0.754. The summed E-state index contributed by atoms with van der Waals surface area (Å²) < 4.78 is 10.3. The van der Waals surface area contributed by atoms with Gasteiger partial charge in [0.1, 0.15) is 0 Å². The van der Waals surface area contributed by atoms with E-state index in [-0.39, 0.29) is 11.5 Å². The predicted molar refractivity (Wildman–Crippen MR) is 74.7 cm³/mol. The van der Waals surface area contributed by atoms with Crippen LogP contribution in [0.1, 0.15) is 33.1 Å². The van der Waals surface area contributed by atoms with Crippen molar-refractivity contribution in [3.05, 3.63) is 0 Å². The van der Waals surface area contributed by atoms with Gasteiger partial charge in [-0.25, -0.2) is 0 Å². The molecule has 1 fully saturated rings. The van der Waals surface area contributed by atoms with E-state index in [0.717, 1.165) is 32.7 Å². The highest BCUT2D eigenvalue weighted by Crippen LogP contribution is 2.38. The highest BCUT2D eigenvalue weighted by Gasteiger charge is 2.41. The first kappa shape index (κ1) is 15.9. The minimum Gasteiger partial charge on any atom is -0.385 e. The van der Waals surface area contributed by atoms with Crippen molar-refractivity contribution in [1.82, 2.24) is 4.90 Å². The van der Waals surface area contributed by atoms with Gasteiger partial charge in [0, 0.05) is 46.0 Å². The Kier molecular flexibility index (Phi) is 6.57. The highest BCUT2D eigenvalue weighted by atomic mass is 16.5. The third kappa shape index (κ3) is 4.19. The Balaban J connectivity index is 2.53. The molecule has 0 bridgehead atoms. The average molecular weight is 258 g/mol. The van der Waals surface area contributed by atoms with Gasteiger partial charge in [0.25, 0.3) is 0 Å². The van der Waals surface area contributed by atoms with Gasteiger partial charge in [-0.2, -0.15) is 0 Å². The minimum atomic E-state index is 0.261. The van der Waals surface area contributed by atoms with Crippen LogP contribution in [-0.4, -0.2) is 57.5 Å². The second kappa shape index (κ2) is 7.43. The van der Waals surface area contributed by atoms with E-state index in [2.05, 4.69) is 18.7 Å². The van der Waals surface area contributed by atoms with E-state index in [1.165, 1.54) is 12.8 Å². The van der Waals surface area contributed by atoms with E-state index < -0.39 is 0 Å². The molecule has 0 radical (unpaired) electrons. The van der Waals surface area contributed by atoms with Crippen LogP contribution in [0.3, 0.4) is 0 Å². The maximum Gasteiger partial charge on any atom is 0.0589 e. The van der Waals surface area contributed by atoms with E-state index in [4.69, 9.17) is 15.2 Å². The van der Waals surface area contributed by atoms with Crippen molar-refractivity contribution in [1.29, 1.82) is 0 Å². The number of ether oxygens (including phenoxy) is 2. The molecule has 4 nitrogen and oxygen atoms in total. The van der Waals surface area contributed by atoms with Crippen molar-refractivity contribution in [3.8, 4) is 0 Å². The molecule has 1 aliphatic rings. The van der Waals surface area contributed by atoms with Gasteiger partial charge in [-0.1, -0.05) is 13.8 Å². The normalized spacial score (nSPS) is 27.0. The molecule has 0 aromatic heterocycles. The van der Waals surface area contributed by atoms with Gasteiger partial charge in [-0.05, 0) is 24.7 Å². The molecule has 1 rings (SSSR count). The largest absolute Gasteiger partial charge is 0.385 e. The van der Waals surface area contributed by atoms with Crippen LogP contribution in [0.2, 0.25) is 0 Å². The summed E-state index contributed by atoms with van der Waals surface area (Å²) in [6.45, 7) is 8.16. The van der Waals surface area contributed by atoms with Crippen molar-refractivity contribution in [2.24, 2.45) is 11.1 Å². The Labute approximate surface area is 112 Å². The Morgan fingerprint density at radius 1 is 1.17 bits per heavy atom. The van der Waals surface area contributed by atoms with Crippen LogP contribution in [0, 0.1) is 5.41 Å². The Morgan fingerprint density at radius 2 is 1.83 bits per heavy atom. The van der Waals surface area contributed by atoms with E-state index in [0.29, 0.717) is 6.04 Å². The van der Waals surface area contributed by atoms with E-state index in [9.17, 15) is 0 Å². The van der Waals surface area contributed by atoms with Gasteiger partial charge in [0.15, 0.2) is 0 Å². The predicted octanol–water partition coefficient (Wildman–Crippen LogP) is 1.49. The fourth-order valence-corrected chi connectivity index (χ4v) is 2.86. The fourth-order valence-electron chi connectivity index (χ4n) is 2.86. The van der Waals surface area contributed by atoms with E-state index in [1.54, 1.807) is 14.2 Å². The topological polar surface area (TPSA) is 47.7 Å². The summed E-state index contributed by atoms with van der Waals surface area (Å²) in [7, 11) is 3.51. The zero-order valence-corrected chi connectivity index (χ0v) is 12.4. The molecule has 0 heterocycles. The van der Waals surface area contributed by atoms with Gasteiger partial charge < -0.3 is 15.2 Å². The summed E-state index contributed by atoms with van der Waals surface area (Å²) in [4.78, 5) is 2.49. The number of hydrogen-bond acceptors (Lipinski definition) is 4. The molecule has 1 saturated carbocycles. The smallest absolute Gasteiger partial charge is 0.0589 e. The van der Waals surface area contributed by atoms with Crippen LogP contribution >= 0.6 is 0 Å². The monoisotopic (exact) mass is 258 g/mol. The first-order chi connectivity index (χ1) is 8.53. The molecule has 4 heteroatoms. The Bertz CT molecular complexity index is 234. The average Bonchev–Trinajstić information content (AvgIpc) is 2.60. The van der Waals surface area contributed by atoms with Gasteiger partial charge >= 0.3 is 0 Å². The molecule has 0 amide bonds. The molecule has 2 unspecified atom stereocenters. The highest BCUT2D eigenvalue weighted by molar-refractivity contribution is 4.99. The zero-order chi connectivity index (χ0) is 13.6. The van der Waals surface area contributed by atoms with Crippen LogP contribution in [0.15, 0.2) is 0 Å². The van der Waals surface area contributed by atoms with Gasteiger partial charge in [0.2, 0.25) is 0 Å². The lowest BCUT2D eigenvalue weighted by Gasteiger charge is -2.35. The summed E-state index contributed by atoms with van der Waals surface area (Å²) in [5, 5.41) is 0. The third-order valence-corrected chi connectivity index (χ3v) is 4.25. The SMILES string of the molecule is COCCCN(CCOC)C1CCC(C)(C)C1N. The van der Waals surface area contributed by atoms with Gasteiger partial charge in [-0.15, -0.1) is 0 Å². The second-order valence-electron chi connectivity index (χ2n) is 6.00. The first-order valence-corrected chi connectivity index (χ1v) is 7.00. The summed E-state index contributed by atoms with van der Waals surface area (Å²) >= 11 is 0. The van der Waals surface area contributed by atoms with Crippen LogP contribution in [0.25, 0.3) is 0 Å². The van der Waals surface area contributed by atoms with Crippen LogP contribution in [-0.2, 0) is 9.47 Å². The summed E-state index contributed by atoms with van der Waals surface area (Å²) in [5.41, 5.74) is 6.68. The molecule has 2 N–H and O–H groups in total. The number of hydrogen-bond donors (Lipinski definition) is 1. The molecule has 0 aromatic rings. The van der Waals surface area contributed by atoms with Crippen LogP contribution in [0.4, 0.5) is 0 Å². The molecule has 2 atom stereocenters. The zero-order valence-electron chi connectivity index (χ0n) is 12.4. The third-order valence-electron chi connectivity index (χ3n) is 4.25. The summed E-state index contributed by atoms with van der Waals surface area (Å²) in [5.74, 6) is 0. The minimum absolute atomic E-state index is 0.261. The first-order valence-electron chi connectivity index (χ1n) is 7.00. The molecule has 0 spiro atoms. The van der Waals surface area contributed by atoms with E-state index in [1.807, 2.05) is 0 Å². The number of rotatable bonds is 8.